The number of nitrogens with zero attached hydrogens (tertiary/aromatic N) is 1. The van der Waals surface area contributed by atoms with Crippen LogP contribution >= 0.6 is 12.4 Å². The molecule has 8 heteroatoms. The van der Waals surface area contributed by atoms with Crippen LogP contribution in [0, 0.1) is 0 Å². The lowest BCUT2D eigenvalue weighted by molar-refractivity contribution is 0.100. The summed E-state index contributed by atoms with van der Waals surface area (Å²) in [6.07, 6.45) is 1.49. The van der Waals surface area contributed by atoms with Crippen molar-refractivity contribution in [3.8, 4) is 0 Å². The van der Waals surface area contributed by atoms with Gasteiger partial charge in [-0.3, -0.25) is 9.10 Å². The Morgan fingerprint density at radius 3 is 2.62 bits per heavy atom. The highest BCUT2D eigenvalue weighted by Gasteiger charge is 2.26. The number of hydrogen-bond donors (Lipinski definition) is 2. The zero-order chi connectivity index (χ0) is 14.8. The summed E-state index contributed by atoms with van der Waals surface area (Å²) < 4.78 is 25.6. The lowest BCUT2D eigenvalue weighted by atomic mass is 10.1. The Balaban J connectivity index is 0.00000220. The first kappa shape index (κ1) is 17.6. The van der Waals surface area contributed by atoms with E-state index in [1.807, 2.05) is 6.92 Å². The number of carbonyl (C=O) groups is 1. The molecule has 1 aromatic carbocycles. The van der Waals surface area contributed by atoms with Crippen molar-refractivity contribution >= 4 is 39.7 Å². The van der Waals surface area contributed by atoms with Crippen LogP contribution in [0.5, 0.6) is 0 Å². The van der Waals surface area contributed by atoms with Gasteiger partial charge in [-0.1, -0.05) is 0 Å². The largest absolute Gasteiger partial charge is 0.385 e. The topological polar surface area (TPSA) is 92.5 Å². The van der Waals surface area contributed by atoms with Gasteiger partial charge in [-0.25, -0.2) is 8.42 Å². The molecular formula is C13H20ClN3O3S. The van der Waals surface area contributed by atoms with Crippen LogP contribution in [0.2, 0.25) is 0 Å². The summed E-state index contributed by atoms with van der Waals surface area (Å²) in [7, 11) is -3.30. The Bertz CT molecular complexity index is 619. The second kappa shape index (κ2) is 7.00. The fourth-order valence-corrected chi connectivity index (χ4v) is 3.91. The molecular weight excluding hydrogens is 314 g/mol. The summed E-state index contributed by atoms with van der Waals surface area (Å²) in [6, 6.07) is 4.90. The number of benzene rings is 1. The molecule has 6 nitrogen and oxygen atoms in total. The molecule has 1 aromatic rings. The lowest BCUT2D eigenvalue weighted by Crippen LogP contribution is -2.38. The van der Waals surface area contributed by atoms with Crippen molar-refractivity contribution in [2.24, 2.45) is 5.73 Å². The van der Waals surface area contributed by atoms with Gasteiger partial charge < -0.3 is 11.1 Å². The molecule has 1 saturated heterocycles. The van der Waals surface area contributed by atoms with E-state index in [2.05, 4.69) is 5.32 Å². The highest BCUT2D eigenvalue weighted by atomic mass is 35.5. The fourth-order valence-electron chi connectivity index (χ4n) is 2.28. The number of anilines is 2. The molecule has 118 valence electrons. The molecule has 0 aliphatic carbocycles. The molecule has 3 N–H and O–H groups in total. The fraction of sp³-hybridized carbons (Fsp3) is 0.462. The molecule has 21 heavy (non-hydrogen) atoms. The van der Waals surface area contributed by atoms with Gasteiger partial charge in [-0.05, 0) is 38.0 Å². The third-order valence-electron chi connectivity index (χ3n) is 3.22. The number of rotatable bonds is 4. The van der Waals surface area contributed by atoms with Gasteiger partial charge in [0.1, 0.15) is 0 Å². The first-order valence-electron chi connectivity index (χ1n) is 6.63. The predicted molar refractivity (Wildman–Crippen MR) is 86.7 cm³/mol. The second-order valence-corrected chi connectivity index (χ2v) is 6.77. The smallest absolute Gasteiger partial charge is 0.248 e. The van der Waals surface area contributed by atoms with E-state index in [0.717, 1.165) is 6.42 Å². The minimum atomic E-state index is -3.30. The number of carbonyl (C=O) groups excluding carboxylic acids is 1. The maximum absolute atomic E-state index is 12.1. The minimum absolute atomic E-state index is 0. The van der Waals surface area contributed by atoms with Crippen molar-refractivity contribution in [2.45, 2.75) is 19.8 Å². The van der Waals surface area contributed by atoms with Gasteiger partial charge in [0, 0.05) is 24.3 Å². The van der Waals surface area contributed by atoms with E-state index in [9.17, 15) is 13.2 Å². The Hall–Kier alpha value is -1.47. The van der Waals surface area contributed by atoms with Gasteiger partial charge in [0.25, 0.3) is 0 Å². The minimum Gasteiger partial charge on any atom is -0.385 e. The van der Waals surface area contributed by atoms with Gasteiger partial charge in [0.15, 0.2) is 0 Å². The third-order valence-corrected chi connectivity index (χ3v) is 5.09. The summed E-state index contributed by atoms with van der Waals surface area (Å²) in [4.78, 5) is 11.4. The van der Waals surface area contributed by atoms with E-state index in [0.29, 0.717) is 36.4 Å². The molecule has 2 rings (SSSR count). The zero-order valence-electron chi connectivity index (χ0n) is 11.8. The Morgan fingerprint density at radius 2 is 2.05 bits per heavy atom. The summed E-state index contributed by atoms with van der Waals surface area (Å²) in [5.74, 6) is -0.426. The number of halogens is 1. The third kappa shape index (κ3) is 4.01. The summed E-state index contributed by atoms with van der Waals surface area (Å²) in [5, 5.41) is 3.08. The van der Waals surface area contributed by atoms with E-state index >= 15 is 0 Å². The molecule has 1 aliphatic heterocycles. The number of hydrogen-bond acceptors (Lipinski definition) is 4. The maximum Gasteiger partial charge on any atom is 0.248 e. The van der Waals surface area contributed by atoms with Crippen LogP contribution in [0.3, 0.4) is 0 Å². The first-order valence-corrected chi connectivity index (χ1v) is 8.24. The van der Waals surface area contributed by atoms with Crippen molar-refractivity contribution in [1.29, 1.82) is 0 Å². The summed E-state index contributed by atoms with van der Waals surface area (Å²) >= 11 is 0. The molecule has 1 amide bonds. The average Bonchev–Trinajstić information content (AvgIpc) is 2.38. The van der Waals surface area contributed by atoms with E-state index in [-0.39, 0.29) is 18.2 Å². The number of nitrogens with two attached hydrogens (primary N) is 1. The van der Waals surface area contributed by atoms with E-state index in [1.165, 1.54) is 10.4 Å². The van der Waals surface area contributed by atoms with Crippen molar-refractivity contribution in [1.82, 2.24) is 0 Å². The first-order chi connectivity index (χ1) is 9.44. The lowest BCUT2D eigenvalue weighted by Gasteiger charge is -2.29. The van der Waals surface area contributed by atoms with Gasteiger partial charge >= 0.3 is 0 Å². The monoisotopic (exact) mass is 333 g/mol. The van der Waals surface area contributed by atoms with Gasteiger partial charge in [-0.15, -0.1) is 12.4 Å². The summed E-state index contributed by atoms with van der Waals surface area (Å²) in [5.41, 5.74) is 6.81. The Kier molecular flexibility index (Phi) is 5.86. The molecule has 0 saturated carbocycles. The normalized spacial score (nSPS) is 16.9. The highest BCUT2D eigenvalue weighted by Crippen LogP contribution is 2.27. The maximum atomic E-state index is 12.1. The number of sulfonamides is 1. The zero-order valence-corrected chi connectivity index (χ0v) is 13.5. The van der Waals surface area contributed by atoms with Crippen LogP contribution in [-0.2, 0) is 10.0 Å². The van der Waals surface area contributed by atoms with Gasteiger partial charge in [0.05, 0.1) is 11.4 Å². The van der Waals surface area contributed by atoms with Crippen LogP contribution in [-0.4, -0.2) is 33.2 Å². The van der Waals surface area contributed by atoms with Crippen molar-refractivity contribution in [2.75, 3.05) is 28.5 Å². The van der Waals surface area contributed by atoms with E-state index in [1.54, 1.807) is 12.1 Å². The van der Waals surface area contributed by atoms with Crippen LogP contribution in [0.25, 0.3) is 0 Å². The summed E-state index contributed by atoms with van der Waals surface area (Å²) in [6.45, 7) is 3.04. The Labute approximate surface area is 131 Å². The molecule has 0 bridgehead atoms. The number of amides is 1. The van der Waals surface area contributed by atoms with Gasteiger partial charge in [-0.2, -0.15) is 0 Å². The van der Waals surface area contributed by atoms with Crippen LogP contribution in [0.15, 0.2) is 18.2 Å². The predicted octanol–water partition coefficient (Wildman–Crippen LogP) is 1.57. The van der Waals surface area contributed by atoms with Gasteiger partial charge in [0.2, 0.25) is 15.9 Å². The van der Waals surface area contributed by atoms with Crippen molar-refractivity contribution in [3.05, 3.63) is 23.8 Å². The highest BCUT2D eigenvalue weighted by molar-refractivity contribution is 7.92. The number of nitrogens with one attached hydrogen (secondary N) is 1. The van der Waals surface area contributed by atoms with Crippen molar-refractivity contribution < 1.29 is 13.2 Å². The van der Waals surface area contributed by atoms with Crippen LogP contribution in [0.4, 0.5) is 11.4 Å². The molecule has 0 unspecified atom stereocenters. The molecule has 1 heterocycles. The molecule has 0 aromatic heterocycles. The molecule has 0 radical (unpaired) electrons. The van der Waals surface area contributed by atoms with Crippen molar-refractivity contribution in [3.63, 3.8) is 0 Å². The molecule has 0 atom stereocenters. The molecule has 0 spiro atoms. The molecule has 1 fully saturated rings. The average molecular weight is 334 g/mol. The SMILES string of the molecule is CCNc1cc(C(N)=O)cc(N2CCCCS2(=O)=O)c1.Cl. The Morgan fingerprint density at radius 1 is 1.33 bits per heavy atom. The van der Waals surface area contributed by atoms with E-state index in [4.69, 9.17) is 5.73 Å². The van der Waals surface area contributed by atoms with Crippen LogP contribution in [0.1, 0.15) is 30.1 Å². The van der Waals surface area contributed by atoms with Crippen LogP contribution < -0.4 is 15.4 Å². The molecule has 1 aliphatic rings. The number of primary amides is 1. The standard InChI is InChI=1S/C13H19N3O3S.ClH/c1-2-15-11-7-10(13(14)17)8-12(9-11)16-5-3-4-6-20(16,18)19;/h7-9,15H,2-6H2,1H3,(H2,14,17);1H. The van der Waals surface area contributed by atoms with E-state index < -0.39 is 15.9 Å². The quantitative estimate of drug-likeness (QED) is 0.874. The second-order valence-electron chi connectivity index (χ2n) is 4.76.